The number of aromatic amines is 1. The summed E-state index contributed by atoms with van der Waals surface area (Å²) in [6.07, 6.45) is 0. The maximum atomic E-state index is 10.9. The number of aromatic nitrogens is 1. The fourth-order valence-corrected chi connectivity index (χ4v) is 0.722. The van der Waals surface area contributed by atoms with E-state index in [1.165, 1.54) is 6.07 Å². The summed E-state index contributed by atoms with van der Waals surface area (Å²) in [5.74, 6) is 0. The molecule has 0 saturated carbocycles. The van der Waals surface area contributed by atoms with Crippen LogP contribution in [-0.4, -0.2) is 4.98 Å². The van der Waals surface area contributed by atoms with Crippen molar-refractivity contribution in [2.24, 2.45) is 5.73 Å². The van der Waals surface area contributed by atoms with Crippen molar-refractivity contribution >= 4 is 0 Å². The van der Waals surface area contributed by atoms with Crippen molar-refractivity contribution in [2.75, 3.05) is 0 Å². The van der Waals surface area contributed by atoms with Gasteiger partial charge in [-0.3, -0.25) is 4.79 Å². The third kappa shape index (κ3) is 1.45. The highest BCUT2D eigenvalue weighted by Gasteiger charge is 1.96. The molecule has 0 aromatic carbocycles. The summed E-state index contributed by atoms with van der Waals surface area (Å²) in [4.78, 5) is 13.4. The molecule has 1 aromatic rings. The Hall–Kier alpha value is -1.60. The van der Waals surface area contributed by atoms with Crippen LogP contribution in [0.3, 0.4) is 0 Å². The standard InChI is InChI=1S/C7H7N3O/c8-3-5-1-2-6(4-9)10-7(5)11/h1-2H,4,9H2,(H,10,11). The zero-order valence-electron chi connectivity index (χ0n) is 5.79. The Morgan fingerprint density at radius 1 is 1.64 bits per heavy atom. The molecular weight excluding hydrogens is 142 g/mol. The molecule has 0 unspecified atom stereocenters. The first-order chi connectivity index (χ1) is 5.27. The van der Waals surface area contributed by atoms with Crippen molar-refractivity contribution in [2.45, 2.75) is 6.54 Å². The minimum absolute atomic E-state index is 0.113. The van der Waals surface area contributed by atoms with E-state index in [4.69, 9.17) is 11.0 Å². The molecule has 3 N–H and O–H groups in total. The average molecular weight is 149 g/mol. The number of nitrogens with one attached hydrogen (secondary N) is 1. The number of rotatable bonds is 1. The number of nitriles is 1. The predicted octanol–water partition coefficient (Wildman–Crippen LogP) is -0.295. The second-order valence-electron chi connectivity index (χ2n) is 2.04. The topological polar surface area (TPSA) is 82.7 Å². The molecule has 1 aromatic heterocycles. The lowest BCUT2D eigenvalue weighted by Crippen LogP contribution is -2.13. The molecule has 0 amide bonds. The summed E-state index contributed by atoms with van der Waals surface area (Å²) >= 11 is 0. The maximum absolute atomic E-state index is 10.9. The number of nitrogens with zero attached hydrogens (tertiary/aromatic N) is 1. The molecule has 0 atom stereocenters. The molecular formula is C7H7N3O. The van der Waals surface area contributed by atoms with Crippen LogP contribution in [-0.2, 0) is 6.54 Å². The molecule has 4 heteroatoms. The second kappa shape index (κ2) is 2.99. The van der Waals surface area contributed by atoms with Crippen LogP contribution in [0.1, 0.15) is 11.3 Å². The quantitative estimate of drug-likeness (QED) is 0.575. The van der Waals surface area contributed by atoms with Gasteiger partial charge >= 0.3 is 0 Å². The SMILES string of the molecule is N#Cc1ccc(CN)[nH]c1=O. The van der Waals surface area contributed by atoms with Gasteiger partial charge in [0.25, 0.3) is 5.56 Å². The summed E-state index contributed by atoms with van der Waals surface area (Å²) in [6.45, 7) is 0.279. The Kier molecular flexibility index (Phi) is 2.04. The molecule has 0 bridgehead atoms. The molecule has 0 fully saturated rings. The van der Waals surface area contributed by atoms with E-state index in [1.807, 2.05) is 0 Å². The Balaban J connectivity index is 3.23. The number of pyridine rings is 1. The molecule has 4 nitrogen and oxygen atoms in total. The van der Waals surface area contributed by atoms with Crippen LogP contribution >= 0.6 is 0 Å². The highest BCUT2D eigenvalue weighted by molar-refractivity contribution is 5.26. The van der Waals surface area contributed by atoms with Gasteiger partial charge in [0.2, 0.25) is 0 Å². The van der Waals surface area contributed by atoms with Gasteiger partial charge in [0.1, 0.15) is 11.6 Å². The zero-order valence-corrected chi connectivity index (χ0v) is 5.79. The first kappa shape index (κ1) is 7.51. The van der Waals surface area contributed by atoms with Crippen molar-refractivity contribution in [3.05, 3.63) is 33.7 Å². The average Bonchev–Trinajstić information content (AvgIpc) is 2.04. The molecule has 1 heterocycles. The molecule has 0 spiro atoms. The van der Waals surface area contributed by atoms with Crippen LogP contribution in [0.25, 0.3) is 0 Å². The van der Waals surface area contributed by atoms with E-state index >= 15 is 0 Å². The van der Waals surface area contributed by atoms with E-state index in [0.29, 0.717) is 5.69 Å². The second-order valence-corrected chi connectivity index (χ2v) is 2.04. The maximum Gasteiger partial charge on any atom is 0.266 e. The van der Waals surface area contributed by atoms with Crippen molar-refractivity contribution in [1.82, 2.24) is 4.98 Å². The number of hydrogen-bond donors (Lipinski definition) is 2. The van der Waals surface area contributed by atoms with Gasteiger partial charge in [0.15, 0.2) is 0 Å². The van der Waals surface area contributed by atoms with Gasteiger partial charge in [0, 0.05) is 12.2 Å². The molecule has 0 aliphatic heterocycles. The van der Waals surface area contributed by atoms with Crippen LogP contribution in [0.15, 0.2) is 16.9 Å². The molecule has 11 heavy (non-hydrogen) atoms. The Morgan fingerprint density at radius 3 is 2.82 bits per heavy atom. The Morgan fingerprint density at radius 2 is 2.36 bits per heavy atom. The monoisotopic (exact) mass is 149 g/mol. The minimum Gasteiger partial charge on any atom is -0.325 e. The van der Waals surface area contributed by atoms with Crippen LogP contribution in [0.5, 0.6) is 0 Å². The van der Waals surface area contributed by atoms with E-state index in [1.54, 1.807) is 12.1 Å². The molecule has 1 rings (SSSR count). The van der Waals surface area contributed by atoms with E-state index in [2.05, 4.69) is 4.98 Å². The fourth-order valence-electron chi connectivity index (χ4n) is 0.722. The lowest BCUT2D eigenvalue weighted by molar-refractivity contribution is 0.969. The summed E-state index contributed by atoms with van der Waals surface area (Å²) in [5.41, 5.74) is 5.62. The van der Waals surface area contributed by atoms with Crippen LogP contribution < -0.4 is 11.3 Å². The van der Waals surface area contributed by atoms with E-state index < -0.39 is 0 Å². The van der Waals surface area contributed by atoms with Crippen molar-refractivity contribution < 1.29 is 0 Å². The van der Waals surface area contributed by atoms with E-state index in [9.17, 15) is 4.79 Å². The number of H-pyrrole nitrogens is 1. The zero-order chi connectivity index (χ0) is 8.27. The van der Waals surface area contributed by atoms with Crippen molar-refractivity contribution in [3.63, 3.8) is 0 Å². The first-order valence-corrected chi connectivity index (χ1v) is 3.10. The summed E-state index contributed by atoms with van der Waals surface area (Å²) in [7, 11) is 0. The normalized spacial score (nSPS) is 9.09. The first-order valence-electron chi connectivity index (χ1n) is 3.10. The Labute approximate surface area is 63.3 Å². The van der Waals surface area contributed by atoms with Gasteiger partial charge in [0.05, 0.1) is 0 Å². The lowest BCUT2D eigenvalue weighted by Gasteiger charge is -1.94. The van der Waals surface area contributed by atoms with Gasteiger partial charge in [-0.2, -0.15) is 5.26 Å². The summed E-state index contributed by atoms with van der Waals surface area (Å²) in [6, 6.07) is 4.85. The van der Waals surface area contributed by atoms with E-state index in [-0.39, 0.29) is 17.7 Å². The molecule has 0 radical (unpaired) electrons. The molecule has 56 valence electrons. The van der Waals surface area contributed by atoms with Crippen LogP contribution in [0.4, 0.5) is 0 Å². The van der Waals surface area contributed by atoms with Crippen LogP contribution in [0.2, 0.25) is 0 Å². The van der Waals surface area contributed by atoms with Crippen molar-refractivity contribution in [1.29, 1.82) is 5.26 Å². The van der Waals surface area contributed by atoms with Gasteiger partial charge in [-0.25, -0.2) is 0 Å². The Bertz CT molecular complexity index is 347. The fraction of sp³-hybridized carbons (Fsp3) is 0.143. The molecule has 0 aliphatic carbocycles. The van der Waals surface area contributed by atoms with Gasteiger partial charge in [-0.05, 0) is 12.1 Å². The van der Waals surface area contributed by atoms with E-state index in [0.717, 1.165) is 0 Å². The van der Waals surface area contributed by atoms with Gasteiger partial charge in [-0.15, -0.1) is 0 Å². The van der Waals surface area contributed by atoms with Crippen molar-refractivity contribution in [3.8, 4) is 6.07 Å². The minimum atomic E-state index is -0.379. The van der Waals surface area contributed by atoms with Crippen LogP contribution in [0, 0.1) is 11.3 Å². The number of nitrogens with two attached hydrogens (primary N) is 1. The lowest BCUT2D eigenvalue weighted by atomic mass is 10.2. The highest BCUT2D eigenvalue weighted by atomic mass is 16.1. The third-order valence-electron chi connectivity index (χ3n) is 1.31. The third-order valence-corrected chi connectivity index (χ3v) is 1.31. The number of hydrogen-bond acceptors (Lipinski definition) is 3. The predicted molar refractivity (Wildman–Crippen MR) is 39.7 cm³/mol. The molecule has 0 saturated heterocycles. The molecule has 0 aliphatic rings. The summed E-state index contributed by atoms with van der Waals surface area (Å²) < 4.78 is 0. The van der Waals surface area contributed by atoms with Gasteiger partial charge < -0.3 is 10.7 Å². The largest absolute Gasteiger partial charge is 0.325 e. The smallest absolute Gasteiger partial charge is 0.266 e. The summed E-state index contributed by atoms with van der Waals surface area (Å²) in [5, 5.41) is 8.38. The van der Waals surface area contributed by atoms with Gasteiger partial charge in [-0.1, -0.05) is 0 Å². The highest BCUT2D eigenvalue weighted by Crippen LogP contribution is 1.91.